The van der Waals surface area contributed by atoms with Crippen molar-refractivity contribution in [3.63, 3.8) is 0 Å². The zero-order chi connectivity index (χ0) is 15.0. The van der Waals surface area contributed by atoms with E-state index in [2.05, 4.69) is 10.6 Å². The summed E-state index contributed by atoms with van der Waals surface area (Å²) in [4.78, 5) is 22.9. The molecule has 0 aliphatic rings. The smallest absolute Gasteiger partial charge is 0.328 e. The number of esters is 1. The maximum Gasteiger partial charge on any atom is 0.328 e. The Bertz CT molecular complexity index is 460. The van der Waals surface area contributed by atoms with Gasteiger partial charge in [0.1, 0.15) is 6.04 Å². The van der Waals surface area contributed by atoms with Crippen LogP contribution < -0.4 is 10.6 Å². The van der Waals surface area contributed by atoms with E-state index in [4.69, 9.17) is 4.74 Å². The fourth-order valence-corrected chi connectivity index (χ4v) is 1.87. The maximum absolute atomic E-state index is 11.8. The average Bonchev–Trinajstić information content (AvgIpc) is 2.38. The number of rotatable bonds is 7. The second-order valence-electron chi connectivity index (χ2n) is 4.50. The Morgan fingerprint density at radius 2 is 1.95 bits per heavy atom. The topological polar surface area (TPSA) is 67.4 Å². The van der Waals surface area contributed by atoms with Crippen LogP contribution in [-0.2, 0) is 14.3 Å². The second-order valence-corrected chi connectivity index (χ2v) is 4.50. The highest BCUT2D eigenvalue weighted by Crippen LogP contribution is 2.17. The van der Waals surface area contributed by atoms with E-state index in [0.29, 0.717) is 18.7 Å². The lowest BCUT2D eigenvalue weighted by atomic mass is 10.1. The molecule has 0 spiro atoms. The van der Waals surface area contributed by atoms with Crippen LogP contribution in [0.15, 0.2) is 24.3 Å². The Kier molecular flexibility index (Phi) is 6.56. The number of amides is 1. The molecule has 0 aromatic heterocycles. The number of benzene rings is 1. The monoisotopic (exact) mass is 278 g/mol. The van der Waals surface area contributed by atoms with Gasteiger partial charge in [0, 0.05) is 18.3 Å². The van der Waals surface area contributed by atoms with Crippen LogP contribution in [0.5, 0.6) is 0 Å². The standard InChI is InChI=1S/C15H22N2O3/c1-4-7-14(15(19)20-5-2)17-13-9-6-8-12(10-13)16-11(3)18/h6,8-10,14,17H,4-5,7H2,1-3H3,(H,16,18). The first-order valence-electron chi connectivity index (χ1n) is 6.87. The van der Waals surface area contributed by atoms with Crippen molar-refractivity contribution in [3.05, 3.63) is 24.3 Å². The van der Waals surface area contributed by atoms with E-state index >= 15 is 0 Å². The van der Waals surface area contributed by atoms with Gasteiger partial charge in [-0.25, -0.2) is 4.79 Å². The molecule has 1 aromatic carbocycles. The molecule has 1 rings (SSSR count). The van der Waals surface area contributed by atoms with Crippen LogP contribution in [0.4, 0.5) is 11.4 Å². The van der Waals surface area contributed by atoms with Gasteiger partial charge in [-0.1, -0.05) is 19.4 Å². The third kappa shape index (κ3) is 5.30. The molecule has 0 saturated heterocycles. The number of hydrogen-bond acceptors (Lipinski definition) is 4. The predicted octanol–water partition coefficient (Wildman–Crippen LogP) is 2.79. The number of hydrogen-bond donors (Lipinski definition) is 2. The van der Waals surface area contributed by atoms with E-state index < -0.39 is 0 Å². The zero-order valence-corrected chi connectivity index (χ0v) is 12.2. The van der Waals surface area contributed by atoms with Gasteiger partial charge in [0.05, 0.1) is 6.61 Å². The molecular weight excluding hydrogens is 256 g/mol. The second kappa shape index (κ2) is 8.19. The molecule has 110 valence electrons. The van der Waals surface area contributed by atoms with Crippen LogP contribution in [-0.4, -0.2) is 24.5 Å². The van der Waals surface area contributed by atoms with Crippen molar-refractivity contribution < 1.29 is 14.3 Å². The predicted molar refractivity (Wildman–Crippen MR) is 79.7 cm³/mol. The highest BCUT2D eigenvalue weighted by molar-refractivity contribution is 5.89. The summed E-state index contributed by atoms with van der Waals surface area (Å²) < 4.78 is 5.05. The Labute approximate surface area is 119 Å². The van der Waals surface area contributed by atoms with Gasteiger partial charge < -0.3 is 15.4 Å². The lowest BCUT2D eigenvalue weighted by Crippen LogP contribution is -2.31. The fraction of sp³-hybridized carbons (Fsp3) is 0.467. The van der Waals surface area contributed by atoms with E-state index in [0.717, 1.165) is 12.1 Å². The minimum absolute atomic E-state index is 0.127. The summed E-state index contributed by atoms with van der Waals surface area (Å²) in [7, 11) is 0. The first-order chi connectivity index (χ1) is 9.56. The molecule has 1 aromatic rings. The summed E-state index contributed by atoms with van der Waals surface area (Å²) in [6.45, 7) is 5.63. The number of nitrogens with one attached hydrogen (secondary N) is 2. The lowest BCUT2D eigenvalue weighted by molar-refractivity contribution is -0.144. The molecule has 0 saturated carbocycles. The van der Waals surface area contributed by atoms with Crippen molar-refractivity contribution in [2.45, 2.75) is 39.7 Å². The molecule has 0 aliphatic carbocycles. The normalized spacial score (nSPS) is 11.6. The summed E-state index contributed by atoms with van der Waals surface area (Å²) in [6.07, 6.45) is 1.57. The minimum atomic E-state index is -0.368. The van der Waals surface area contributed by atoms with Gasteiger partial charge >= 0.3 is 5.97 Å². The van der Waals surface area contributed by atoms with Gasteiger partial charge in [-0.3, -0.25) is 4.79 Å². The van der Waals surface area contributed by atoms with Gasteiger partial charge in [0.2, 0.25) is 5.91 Å². The third-order valence-electron chi connectivity index (χ3n) is 2.67. The first kappa shape index (κ1) is 16.0. The van der Waals surface area contributed by atoms with Crippen molar-refractivity contribution >= 4 is 23.3 Å². The molecule has 0 fully saturated rings. The van der Waals surface area contributed by atoms with Crippen LogP contribution in [0, 0.1) is 0 Å². The molecule has 0 heterocycles. The maximum atomic E-state index is 11.8. The quantitative estimate of drug-likeness (QED) is 0.753. The van der Waals surface area contributed by atoms with E-state index in [-0.39, 0.29) is 17.9 Å². The first-order valence-corrected chi connectivity index (χ1v) is 6.87. The van der Waals surface area contributed by atoms with Gasteiger partial charge in [-0.05, 0) is 31.5 Å². The molecule has 0 aliphatic heterocycles. The molecule has 0 radical (unpaired) electrons. The zero-order valence-electron chi connectivity index (χ0n) is 12.2. The third-order valence-corrected chi connectivity index (χ3v) is 2.67. The van der Waals surface area contributed by atoms with Gasteiger partial charge in [0.25, 0.3) is 0 Å². The molecule has 1 atom stereocenters. The highest BCUT2D eigenvalue weighted by Gasteiger charge is 2.18. The largest absolute Gasteiger partial charge is 0.464 e. The van der Waals surface area contributed by atoms with Crippen molar-refractivity contribution in [2.75, 3.05) is 17.2 Å². The van der Waals surface area contributed by atoms with Crippen molar-refractivity contribution in [1.29, 1.82) is 0 Å². The molecule has 2 N–H and O–H groups in total. The minimum Gasteiger partial charge on any atom is -0.464 e. The molecule has 20 heavy (non-hydrogen) atoms. The van der Waals surface area contributed by atoms with Crippen LogP contribution in [0.3, 0.4) is 0 Å². The van der Waals surface area contributed by atoms with Gasteiger partial charge in [0.15, 0.2) is 0 Å². The lowest BCUT2D eigenvalue weighted by Gasteiger charge is -2.18. The summed E-state index contributed by atoms with van der Waals surface area (Å²) in [6, 6.07) is 6.90. The van der Waals surface area contributed by atoms with Crippen LogP contribution in [0.1, 0.15) is 33.6 Å². The molecule has 5 heteroatoms. The van der Waals surface area contributed by atoms with E-state index in [1.807, 2.05) is 19.1 Å². The molecule has 1 amide bonds. The number of carbonyl (C=O) groups excluding carboxylic acids is 2. The average molecular weight is 278 g/mol. The van der Waals surface area contributed by atoms with Crippen molar-refractivity contribution in [3.8, 4) is 0 Å². The van der Waals surface area contributed by atoms with Crippen LogP contribution >= 0.6 is 0 Å². The summed E-state index contributed by atoms with van der Waals surface area (Å²) in [5.41, 5.74) is 1.48. The van der Waals surface area contributed by atoms with E-state index in [9.17, 15) is 9.59 Å². The number of ether oxygens (including phenoxy) is 1. The fourth-order valence-electron chi connectivity index (χ4n) is 1.87. The number of carbonyl (C=O) groups is 2. The Balaban J connectivity index is 2.77. The van der Waals surface area contributed by atoms with E-state index in [1.165, 1.54) is 6.92 Å². The summed E-state index contributed by atoms with van der Waals surface area (Å²) >= 11 is 0. The molecule has 0 bridgehead atoms. The summed E-state index contributed by atoms with van der Waals surface area (Å²) in [5.74, 6) is -0.378. The Morgan fingerprint density at radius 1 is 1.25 bits per heavy atom. The molecule has 1 unspecified atom stereocenters. The SMILES string of the molecule is CCCC(Nc1cccc(NC(C)=O)c1)C(=O)OCC. The molecule has 5 nitrogen and oxygen atoms in total. The van der Waals surface area contributed by atoms with Gasteiger partial charge in [-0.2, -0.15) is 0 Å². The van der Waals surface area contributed by atoms with E-state index in [1.54, 1.807) is 19.1 Å². The number of anilines is 2. The van der Waals surface area contributed by atoms with Crippen molar-refractivity contribution in [2.24, 2.45) is 0 Å². The van der Waals surface area contributed by atoms with Gasteiger partial charge in [-0.15, -0.1) is 0 Å². The molecular formula is C15H22N2O3. The summed E-state index contributed by atoms with van der Waals surface area (Å²) in [5, 5.41) is 5.86. The Hall–Kier alpha value is -2.04. The van der Waals surface area contributed by atoms with Crippen LogP contribution in [0.25, 0.3) is 0 Å². The van der Waals surface area contributed by atoms with Crippen molar-refractivity contribution in [1.82, 2.24) is 0 Å². The Morgan fingerprint density at radius 3 is 2.55 bits per heavy atom. The van der Waals surface area contributed by atoms with Crippen LogP contribution in [0.2, 0.25) is 0 Å². The highest BCUT2D eigenvalue weighted by atomic mass is 16.5.